The third-order valence-corrected chi connectivity index (χ3v) is 2.54. The largest absolute Gasteiger partial charge is 0.373 e. The highest BCUT2D eigenvalue weighted by molar-refractivity contribution is 5.95. The first-order valence-corrected chi connectivity index (χ1v) is 6.35. The van der Waals surface area contributed by atoms with Crippen LogP contribution in [-0.4, -0.2) is 54.7 Å². The van der Waals surface area contributed by atoms with Crippen LogP contribution in [0.25, 0.3) is 0 Å². The second-order valence-corrected chi connectivity index (χ2v) is 5.13. The van der Waals surface area contributed by atoms with E-state index in [0.29, 0.717) is 13.1 Å². The molecule has 0 aromatic heterocycles. The number of amides is 3. The first-order chi connectivity index (χ1) is 8.36. The van der Waals surface area contributed by atoms with Crippen molar-refractivity contribution in [3.05, 3.63) is 0 Å². The molecule has 1 rings (SSSR count). The van der Waals surface area contributed by atoms with E-state index in [-0.39, 0.29) is 30.7 Å². The molecule has 2 N–H and O–H groups in total. The summed E-state index contributed by atoms with van der Waals surface area (Å²) < 4.78 is 5.58. The molecule has 18 heavy (non-hydrogen) atoms. The number of nitrogens with one attached hydrogen (secondary N) is 2. The third kappa shape index (κ3) is 5.46. The minimum Gasteiger partial charge on any atom is -0.373 e. The first-order valence-electron chi connectivity index (χ1n) is 6.35. The van der Waals surface area contributed by atoms with Crippen molar-refractivity contribution in [2.75, 3.05) is 19.6 Å². The maximum absolute atomic E-state index is 11.7. The molecule has 1 aliphatic rings. The Bertz CT molecular complexity index is 297. The van der Waals surface area contributed by atoms with E-state index in [1.165, 1.54) is 0 Å². The molecular formula is C12H23N3O3. The molecule has 1 aliphatic heterocycles. The lowest BCUT2D eigenvalue weighted by molar-refractivity contribution is -0.124. The first kappa shape index (κ1) is 14.9. The fraction of sp³-hybridized carbons (Fsp3) is 0.833. The predicted octanol–water partition coefficient (Wildman–Crippen LogP) is 0.330. The van der Waals surface area contributed by atoms with Crippen LogP contribution in [-0.2, 0) is 9.53 Å². The van der Waals surface area contributed by atoms with E-state index in [9.17, 15) is 9.59 Å². The van der Waals surface area contributed by atoms with Gasteiger partial charge in [0.2, 0.25) is 5.91 Å². The average molecular weight is 257 g/mol. The Balaban J connectivity index is 2.33. The van der Waals surface area contributed by atoms with E-state index in [4.69, 9.17) is 4.74 Å². The Labute approximate surface area is 108 Å². The van der Waals surface area contributed by atoms with Gasteiger partial charge in [0.05, 0.1) is 18.8 Å². The molecule has 104 valence electrons. The second kappa shape index (κ2) is 6.70. The van der Waals surface area contributed by atoms with Crippen LogP contribution in [0.4, 0.5) is 4.79 Å². The number of imide groups is 1. The summed E-state index contributed by atoms with van der Waals surface area (Å²) >= 11 is 0. The van der Waals surface area contributed by atoms with Crippen LogP contribution in [0.1, 0.15) is 27.7 Å². The molecule has 0 unspecified atom stereocenters. The van der Waals surface area contributed by atoms with Gasteiger partial charge in [0.1, 0.15) is 0 Å². The summed E-state index contributed by atoms with van der Waals surface area (Å²) in [6.07, 6.45) is 0.233. The van der Waals surface area contributed by atoms with E-state index in [1.807, 2.05) is 32.6 Å². The number of urea groups is 1. The van der Waals surface area contributed by atoms with Gasteiger partial charge in [-0.1, -0.05) is 0 Å². The zero-order chi connectivity index (χ0) is 13.7. The van der Waals surface area contributed by atoms with E-state index < -0.39 is 6.03 Å². The minimum atomic E-state index is -0.440. The van der Waals surface area contributed by atoms with E-state index in [0.717, 1.165) is 0 Å². The highest BCUT2D eigenvalue weighted by atomic mass is 16.5. The lowest BCUT2D eigenvalue weighted by atomic mass is 10.2. The topological polar surface area (TPSA) is 70.7 Å². The summed E-state index contributed by atoms with van der Waals surface area (Å²) in [5.74, 6) is -0.283. The average Bonchev–Trinajstić information content (AvgIpc) is 2.12. The summed E-state index contributed by atoms with van der Waals surface area (Å²) in [6, 6.07) is -0.425. The van der Waals surface area contributed by atoms with Crippen LogP contribution < -0.4 is 10.6 Å². The molecule has 0 radical (unpaired) electrons. The van der Waals surface area contributed by atoms with Crippen LogP contribution >= 0.6 is 0 Å². The Morgan fingerprint density at radius 3 is 2.33 bits per heavy atom. The maximum atomic E-state index is 11.7. The molecule has 0 bridgehead atoms. The Morgan fingerprint density at radius 1 is 1.28 bits per heavy atom. The van der Waals surface area contributed by atoms with Crippen molar-refractivity contribution in [2.24, 2.45) is 0 Å². The van der Waals surface area contributed by atoms with Gasteiger partial charge in [-0.3, -0.25) is 15.0 Å². The fourth-order valence-corrected chi connectivity index (χ4v) is 2.08. The van der Waals surface area contributed by atoms with Crippen LogP contribution in [0.3, 0.4) is 0 Å². The molecule has 0 aliphatic carbocycles. The van der Waals surface area contributed by atoms with Crippen LogP contribution in [0.15, 0.2) is 0 Å². The maximum Gasteiger partial charge on any atom is 0.321 e. The predicted molar refractivity (Wildman–Crippen MR) is 68.3 cm³/mol. The number of ether oxygens (including phenoxy) is 1. The fourth-order valence-electron chi connectivity index (χ4n) is 2.08. The van der Waals surface area contributed by atoms with Crippen molar-refractivity contribution in [3.8, 4) is 0 Å². The van der Waals surface area contributed by atoms with Crippen molar-refractivity contribution in [1.82, 2.24) is 15.5 Å². The molecular weight excluding hydrogens is 234 g/mol. The quantitative estimate of drug-likeness (QED) is 0.764. The molecule has 6 heteroatoms. The number of carbonyl (C=O) groups excluding carboxylic acids is 2. The van der Waals surface area contributed by atoms with Gasteiger partial charge in [-0.25, -0.2) is 4.79 Å². The zero-order valence-electron chi connectivity index (χ0n) is 11.5. The number of hydrogen-bond acceptors (Lipinski definition) is 4. The lowest BCUT2D eigenvalue weighted by Gasteiger charge is -2.34. The second-order valence-electron chi connectivity index (χ2n) is 5.13. The van der Waals surface area contributed by atoms with Gasteiger partial charge in [-0.05, 0) is 27.7 Å². The van der Waals surface area contributed by atoms with Gasteiger partial charge >= 0.3 is 6.03 Å². The third-order valence-electron chi connectivity index (χ3n) is 2.54. The van der Waals surface area contributed by atoms with Gasteiger partial charge < -0.3 is 10.1 Å². The molecule has 1 heterocycles. The van der Waals surface area contributed by atoms with E-state index in [1.54, 1.807) is 0 Å². The minimum absolute atomic E-state index is 0.0150. The van der Waals surface area contributed by atoms with Crippen molar-refractivity contribution in [3.63, 3.8) is 0 Å². The molecule has 1 fully saturated rings. The Kier molecular flexibility index (Phi) is 5.55. The van der Waals surface area contributed by atoms with Crippen LogP contribution in [0.5, 0.6) is 0 Å². The van der Waals surface area contributed by atoms with Crippen molar-refractivity contribution >= 4 is 11.9 Å². The Morgan fingerprint density at radius 2 is 1.83 bits per heavy atom. The summed E-state index contributed by atoms with van der Waals surface area (Å²) in [5.41, 5.74) is 0. The molecule has 0 spiro atoms. The zero-order valence-corrected chi connectivity index (χ0v) is 11.5. The van der Waals surface area contributed by atoms with Crippen molar-refractivity contribution in [1.29, 1.82) is 0 Å². The summed E-state index contributed by atoms with van der Waals surface area (Å²) in [6.45, 7) is 9.29. The van der Waals surface area contributed by atoms with Gasteiger partial charge in [0.25, 0.3) is 0 Å². The van der Waals surface area contributed by atoms with Gasteiger partial charge in [-0.15, -0.1) is 0 Å². The number of carbonyl (C=O) groups is 2. The van der Waals surface area contributed by atoms with Crippen molar-refractivity contribution < 1.29 is 14.3 Å². The van der Waals surface area contributed by atoms with Crippen LogP contribution in [0, 0.1) is 0 Å². The SMILES string of the molecule is CC(C)NC(=O)NC(=O)CN1C[C@@H](C)O[C@H](C)C1. The molecule has 2 atom stereocenters. The van der Waals surface area contributed by atoms with Gasteiger partial charge in [0.15, 0.2) is 0 Å². The highest BCUT2D eigenvalue weighted by Crippen LogP contribution is 2.09. The number of morpholine rings is 1. The molecule has 0 aromatic carbocycles. The standard InChI is InChI=1S/C12H23N3O3/c1-8(2)13-12(17)14-11(16)7-15-5-9(3)18-10(4)6-15/h8-10H,5-7H2,1-4H3,(H2,13,14,16,17)/t9-,10-/m1/s1. The lowest BCUT2D eigenvalue weighted by Crippen LogP contribution is -2.51. The number of nitrogens with zero attached hydrogens (tertiary/aromatic N) is 1. The van der Waals surface area contributed by atoms with Gasteiger partial charge in [0, 0.05) is 19.1 Å². The molecule has 3 amide bonds. The van der Waals surface area contributed by atoms with Gasteiger partial charge in [-0.2, -0.15) is 0 Å². The summed E-state index contributed by atoms with van der Waals surface area (Å²) in [4.78, 5) is 25.0. The summed E-state index contributed by atoms with van der Waals surface area (Å²) in [7, 11) is 0. The molecule has 6 nitrogen and oxygen atoms in total. The molecule has 0 saturated carbocycles. The smallest absolute Gasteiger partial charge is 0.321 e. The molecule has 0 aromatic rings. The Hall–Kier alpha value is -1.14. The highest BCUT2D eigenvalue weighted by Gasteiger charge is 2.24. The normalized spacial score (nSPS) is 24.9. The summed E-state index contributed by atoms with van der Waals surface area (Å²) in [5, 5.41) is 4.93. The van der Waals surface area contributed by atoms with Crippen LogP contribution in [0.2, 0.25) is 0 Å². The monoisotopic (exact) mass is 257 g/mol. The van der Waals surface area contributed by atoms with Crippen molar-refractivity contribution in [2.45, 2.75) is 45.9 Å². The van der Waals surface area contributed by atoms with E-state index in [2.05, 4.69) is 10.6 Å². The van der Waals surface area contributed by atoms with E-state index >= 15 is 0 Å². The molecule has 1 saturated heterocycles. The number of hydrogen-bond donors (Lipinski definition) is 2. The number of rotatable bonds is 3.